The molecule has 0 bridgehead atoms. The summed E-state index contributed by atoms with van der Waals surface area (Å²) in [6.07, 6.45) is 1.81. The summed E-state index contributed by atoms with van der Waals surface area (Å²) in [6.45, 7) is 1.46. The van der Waals surface area contributed by atoms with Gasteiger partial charge in [-0.2, -0.15) is 13.2 Å². The van der Waals surface area contributed by atoms with Crippen LogP contribution in [0.15, 0.2) is 33.4 Å². The van der Waals surface area contributed by atoms with Crippen LogP contribution in [0.3, 0.4) is 0 Å². The number of hydrogen-bond donors (Lipinski definition) is 2. The Kier molecular flexibility index (Phi) is 6.07. The van der Waals surface area contributed by atoms with Gasteiger partial charge in [0.05, 0.1) is 12.2 Å². The standard InChI is InChI=1S/C26H28F3N5O4/c1-2-17-16(12-37-33-17)23(35)32-22(21(14-4-5-14)15-6-7-15)24-30-18-9-13(3-8-19(18)38-24)10-34-11-20(26(27,28)29)31-25(34)36/h3,8-9,12,14-15,20-22H,2,4-7,10-11H2,1H3,(H,31,36)(H,32,35)/t20-,22-/m0/s1. The quantitative estimate of drug-likeness (QED) is 0.412. The second-order valence-corrected chi connectivity index (χ2v) is 10.5. The van der Waals surface area contributed by atoms with Crippen LogP contribution in [0.25, 0.3) is 11.1 Å². The number of amides is 3. The molecule has 2 atom stereocenters. The summed E-state index contributed by atoms with van der Waals surface area (Å²) in [7, 11) is 0. The third-order valence-electron chi connectivity index (χ3n) is 7.72. The maximum atomic E-state index is 13.2. The lowest BCUT2D eigenvalue weighted by molar-refractivity contribution is -0.149. The molecule has 1 aliphatic heterocycles. The molecule has 202 valence electrons. The number of urea groups is 1. The summed E-state index contributed by atoms with van der Waals surface area (Å²) in [5.74, 6) is 1.29. The van der Waals surface area contributed by atoms with Gasteiger partial charge in [-0.3, -0.25) is 4.79 Å². The van der Waals surface area contributed by atoms with E-state index < -0.39 is 30.8 Å². The first-order valence-electron chi connectivity index (χ1n) is 13.0. The monoisotopic (exact) mass is 531 g/mol. The number of carbonyl (C=O) groups excluding carboxylic acids is 2. The molecule has 0 radical (unpaired) electrons. The molecular weight excluding hydrogens is 503 g/mol. The molecule has 2 saturated carbocycles. The zero-order chi connectivity index (χ0) is 26.6. The van der Waals surface area contributed by atoms with Gasteiger partial charge in [-0.15, -0.1) is 0 Å². The van der Waals surface area contributed by atoms with Crippen LogP contribution in [0.4, 0.5) is 18.0 Å². The Labute approximate surface area is 216 Å². The first-order chi connectivity index (χ1) is 18.2. The number of rotatable bonds is 9. The molecule has 3 fully saturated rings. The predicted octanol–water partition coefficient (Wildman–Crippen LogP) is 4.74. The van der Waals surface area contributed by atoms with E-state index in [0.717, 1.165) is 30.6 Å². The minimum atomic E-state index is -4.50. The van der Waals surface area contributed by atoms with Gasteiger partial charge in [0, 0.05) is 6.54 Å². The molecule has 38 heavy (non-hydrogen) atoms. The Hall–Kier alpha value is -3.57. The fraction of sp³-hybridized carbons (Fsp3) is 0.538. The molecule has 0 unspecified atom stereocenters. The van der Waals surface area contributed by atoms with Gasteiger partial charge in [0.2, 0.25) is 5.89 Å². The lowest BCUT2D eigenvalue weighted by Crippen LogP contribution is -2.40. The number of carbonyl (C=O) groups is 2. The van der Waals surface area contributed by atoms with E-state index in [1.54, 1.807) is 18.2 Å². The van der Waals surface area contributed by atoms with E-state index in [2.05, 4.69) is 10.5 Å². The molecule has 3 aliphatic rings. The Morgan fingerprint density at radius 2 is 1.97 bits per heavy atom. The molecule has 2 N–H and O–H groups in total. The molecule has 3 heterocycles. The predicted molar refractivity (Wildman–Crippen MR) is 128 cm³/mol. The Morgan fingerprint density at radius 3 is 2.61 bits per heavy atom. The van der Waals surface area contributed by atoms with Crippen molar-refractivity contribution in [3.63, 3.8) is 0 Å². The number of fused-ring (bicyclic) bond motifs is 1. The van der Waals surface area contributed by atoms with Crippen molar-refractivity contribution in [2.24, 2.45) is 17.8 Å². The number of aryl methyl sites for hydroxylation is 1. The van der Waals surface area contributed by atoms with Crippen molar-refractivity contribution in [1.29, 1.82) is 0 Å². The van der Waals surface area contributed by atoms with Crippen LogP contribution in [-0.4, -0.2) is 45.7 Å². The van der Waals surface area contributed by atoms with Crippen LogP contribution >= 0.6 is 0 Å². The molecule has 3 aromatic rings. The second-order valence-electron chi connectivity index (χ2n) is 10.5. The summed E-state index contributed by atoms with van der Waals surface area (Å²) in [5, 5.41) is 9.05. The zero-order valence-corrected chi connectivity index (χ0v) is 20.8. The van der Waals surface area contributed by atoms with Crippen LogP contribution < -0.4 is 10.6 Å². The van der Waals surface area contributed by atoms with Crippen molar-refractivity contribution in [3.8, 4) is 0 Å². The lowest BCUT2D eigenvalue weighted by atomic mass is 9.89. The van der Waals surface area contributed by atoms with Crippen molar-refractivity contribution in [2.45, 2.75) is 63.8 Å². The number of nitrogens with one attached hydrogen (secondary N) is 2. The highest BCUT2D eigenvalue weighted by Gasteiger charge is 2.49. The Bertz CT molecular complexity index is 1350. The van der Waals surface area contributed by atoms with Gasteiger partial charge >= 0.3 is 12.2 Å². The molecule has 1 aromatic carbocycles. The number of benzene rings is 1. The van der Waals surface area contributed by atoms with Gasteiger partial charge in [-0.1, -0.05) is 18.1 Å². The average Bonchev–Trinajstić information content (AvgIpc) is 3.76. The summed E-state index contributed by atoms with van der Waals surface area (Å²) < 4.78 is 50.3. The molecule has 12 heteroatoms. The Balaban J connectivity index is 1.26. The summed E-state index contributed by atoms with van der Waals surface area (Å²) in [4.78, 5) is 31.2. The van der Waals surface area contributed by atoms with Gasteiger partial charge in [0.1, 0.15) is 29.4 Å². The number of halogens is 3. The number of oxazole rings is 1. The number of aromatic nitrogens is 2. The highest BCUT2D eigenvalue weighted by Crippen LogP contribution is 2.54. The Morgan fingerprint density at radius 1 is 1.24 bits per heavy atom. The van der Waals surface area contributed by atoms with E-state index in [9.17, 15) is 22.8 Å². The minimum absolute atomic E-state index is 0.0107. The highest BCUT2D eigenvalue weighted by atomic mass is 19.4. The molecule has 0 spiro atoms. The molecule has 9 nitrogen and oxygen atoms in total. The highest BCUT2D eigenvalue weighted by molar-refractivity contribution is 5.95. The van der Waals surface area contributed by atoms with Gasteiger partial charge in [0.15, 0.2) is 5.58 Å². The number of nitrogens with zero attached hydrogens (tertiary/aromatic N) is 3. The molecule has 6 rings (SSSR count). The number of hydrogen-bond acceptors (Lipinski definition) is 6. The van der Waals surface area contributed by atoms with Crippen molar-refractivity contribution < 1.29 is 31.7 Å². The van der Waals surface area contributed by atoms with Crippen LogP contribution in [0.2, 0.25) is 0 Å². The summed E-state index contributed by atoms with van der Waals surface area (Å²) >= 11 is 0. The number of alkyl halides is 3. The first kappa shape index (κ1) is 24.7. The van der Waals surface area contributed by atoms with Gasteiger partial charge in [0.25, 0.3) is 5.91 Å². The molecule has 3 amide bonds. The third-order valence-corrected chi connectivity index (χ3v) is 7.72. The summed E-state index contributed by atoms with van der Waals surface area (Å²) in [5.41, 5.74) is 2.63. The topological polar surface area (TPSA) is 114 Å². The van der Waals surface area contributed by atoms with Crippen LogP contribution in [0.5, 0.6) is 0 Å². The summed E-state index contributed by atoms with van der Waals surface area (Å²) in [6, 6.07) is 2.05. The minimum Gasteiger partial charge on any atom is -0.438 e. The van der Waals surface area contributed by atoms with E-state index in [4.69, 9.17) is 13.9 Å². The van der Waals surface area contributed by atoms with E-state index >= 15 is 0 Å². The largest absolute Gasteiger partial charge is 0.438 e. The zero-order valence-electron chi connectivity index (χ0n) is 20.8. The maximum Gasteiger partial charge on any atom is 0.410 e. The van der Waals surface area contributed by atoms with Crippen LogP contribution in [-0.2, 0) is 13.0 Å². The fourth-order valence-corrected chi connectivity index (χ4v) is 5.49. The van der Waals surface area contributed by atoms with Crippen molar-refractivity contribution in [3.05, 3.63) is 47.2 Å². The van der Waals surface area contributed by atoms with Crippen molar-refractivity contribution in [2.75, 3.05) is 6.54 Å². The van der Waals surface area contributed by atoms with E-state index in [1.165, 1.54) is 6.26 Å². The smallest absolute Gasteiger partial charge is 0.410 e. The molecule has 2 aliphatic carbocycles. The molecule has 2 aromatic heterocycles. The maximum absolute atomic E-state index is 13.2. The van der Waals surface area contributed by atoms with E-state index in [1.807, 2.05) is 12.2 Å². The normalized spacial score (nSPS) is 20.8. The average molecular weight is 532 g/mol. The van der Waals surface area contributed by atoms with E-state index in [0.29, 0.717) is 52.1 Å². The molecular formula is C26H28F3N5O4. The van der Waals surface area contributed by atoms with Gasteiger partial charge < -0.3 is 24.5 Å². The van der Waals surface area contributed by atoms with Crippen molar-refractivity contribution >= 4 is 23.0 Å². The first-order valence-corrected chi connectivity index (χ1v) is 13.0. The second kappa shape index (κ2) is 9.32. The van der Waals surface area contributed by atoms with Crippen LogP contribution in [0.1, 0.15) is 66.2 Å². The van der Waals surface area contributed by atoms with E-state index in [-0.39, 0.29) is 18.4 Å². The fourth-order valence-electron chi connectivity index (χ4n) is 5.49. The SMILES string of the molecule is CCc1nocc1C(=O)N[C@H](c1nc2cc(CN3C[C@@H](C(F)(F)F)NC3=O)ccc2o1)C(C1CC1)C1CC1. The van der Waals surface area contributed by atoms with Gasteiger partial charge in [-0.05, 0) is 67.6 Å². The van der Waals surface area contributed by atoms with Crippen LogP contribution in [0, 0.1) is 17.8 Å². The van der Waals surface area contributed by atoms with Gasteiger partial charge in [-0.25, -0.2) is 9.78 Å². The van der Waals surface area contributed by atoms with Crippen molar-refractivity contribution in [1.82, 2.24) is 25.7 Å². The lowest BCUT2D eigenvalue weighted by Gasteiger charge is -2.25. The molecule has 1 saturated heterocycles. The third kappa shape index (κ3) is 4.83.